The number of rotatable bonds is 8. The topological polar surface area (TPSA) is 131 Å². The molecule has 184 valence electrons. The van der Waals surface area contributed by atoms with E-state index in [1.165, 1.54) is 28.3 Å². The number of alkyl halides is 3. The maximum absolute atomic E-state index is 13.4. The Morgan fingerprint density at radius 3 is 2.61 bits per heavy atom. The van der Waals surface area contributed by atoms with Crippen LogP contribution in [0.2, 0.25) is 0 Å². The van der Waals surface area contributed by atoms with Crippen LogP contribution in [0.15, 0.2) is 35.7 Å². The number of halogens is 3. The van der Waals surface area contributed by atoms with Gasteiger partial charge in [0.15, 0.2) is 0 Å². The van der Waals surface area contributed by atoms with Gasteiger partial charge in [0.1, 0.15) is 12.4 Å². The molecule has 1 amide bonds. The molecule has 33 heavy (non-hydrogen) atoms. The summed E-state index contributed by atoms with van der Waals surface area (Å²) in [6.45, 7) is 3.15. The van der Waals surface area contributed by atoms with E-state index in [-0.39, 0.29) is 46.9 Å². The Labute approximate surface area is 194 Å². The van der Waals surface area contributed by atoms with E-state index in [2.05, 4.69) is 5.32 Å². The minimum absolute atomic E-state index is 0.0786. The summed E-state index contributed by atoms with van der Waals surface area (Å²) >= 11 is 0. The molecule has 3 atom stereocenters. The lowest BCUT2D eigenvalue weighted by molar-refractivity contribution is -0.143. The van der Waals surface area contributed by atoms with Gasteiger partial charge in [-0.15, -0.1) is 0 Å². The second-order valence-electron chi connectivity index (χ2n) is 8.68. The molecule has 0 aromatic heterocycles. The monoisotopic (exact) mass is 487 g/mol. The number of likely N-dealkylation sites (tertiary alicyclic amines) is 1. The molecule has 1 fully saturated rings. The van der Waals surface area contributed by atoms with Crippen LogP contribution in [0, 0.1) is 5.41 Å². The summed E-state index contributed by atoms with van der Waals surface area (Å²) in [7, 11) is 1.41. The van der Waals surface area contributed by atoms with Gasteiger partial charge in [-0.3, -0.25) is 4.79 Å². The molecule has 0 bridgehead atoms. The zero-order valence-corrected chi connectivity index (χ0v) is 20.0. The number of piperidine rings is 1. The third-order valence-electron chi connectivity index (χ3n) is 5.81. The summed E-state index contributed by atoms with van der Waals surface area (Å²) in [6, 6.07) is 3.33. The first-order valence-electron chi connectivity index (χ1n) is 10.6. The van der Waals surface area contributed by atoms with Gasteiger partial charge in [-0.25, -0.2) is 4.39 Å². The second kappa shape index (κ2) is 10.7. The highest BCUT2D eigenvalue weighted by atomic mass is 31.0. The molecule has 0 saturated carbocycles. The van der Waals surface area contributed by atoms with Crippen molar-refractivity contribution in [1.29, 1.82) is 0 Å². The van der Waals surface area contributed by atoms with Gasteiger partial charge in [0, 0.05) is 42.5 Å². The van der Waals surface area contributed by atoms with Crippen molar-refractivity contribution in [3.63, 3.8) is 0 Å². The normalized spacial score (nSPS) is 20.2. The van der Waals surface area contributed by atoms with E-state index >= 15 is 0 Å². The van der Waals surface area contributed by atoms with Crippen molar-refractivity contribution in [3.05, 3.63) is 46.8 Å². The Morgan fingerprint density at radius 1 is 1.39 bits per heavy atom. The van der Waals surface area contributed by atoms with E-state index in [4.69, 9.17) is 17.2 Å². The van der Waals surface area contributed by atoms with E-state index in [1.54, 1.807) is 17.9 Å². The van der Waals surface area contributed by atoms with Gasteiger partial charge in [-0.2, -0.15) is 8.78 Å². The van der Waals surface area contributed by atoms with Gasteiger partial charge in [0.05, 0.1) is 11.2 Å². The minimum Gasteiger partial charge on any atom is -0.507 e. The molecule has 0 radical (unpaired) electrons. The van der Waals surface area contributed by atoms with Crippen molar-refractivity contribution in [3.8, 4) is 5.75 Å². The average Bonchev–Trinajstić information content (AvgIpc) is 2.76. The van der Waals surface area contributed by atoms with Crippen LogP contribution >= 0.6 is 9.24 Å². The zero-order chi connectivity index (χ0) is 25.0. The lowest BCUT2D eigenvalue weighted by atomic mass is 9.89. The number of carbonyl (C=O) groups excluding carboxylic acids is 1. The summed E-state index contributed by atoms with van der Waals surface area (Å²) in [5, 5.41) is 13.3. The molecule has 7 nitrogen and oxygen atoms in total. The molecule has 1 aliphatic rings. The Bertz CT molecular complexity index is 929. The lowest BCUT2D eigenvalue weighted by Crippen LogP contribution is -2.54. The van der Waals surface area contributed by atoms with Gasteiger partial charge >= 0.3 is 0 Å². The highest BCUT2D eigenvalue weighted by molar-refractivity contribution is 7.17. The van der Waals surface area contributed by atoms with Crippen molar-refractivity contribution >= 4 is 20.8 Å². The second-order valence-corrected chi connectivity index (χ2v) is 9.41. The molecule has 8 N–H and O–H groups in total. The summed E-state index contributed by atoms with van der Waals surface area (Å²) in [5.74, 6) is -0.407. The van der Waals surface area contributed by atoms with Gasteiger partial charge in [0.25, 0.3) is 5.66 Å². The van der Waals surface area contributed by atoms with Crippen molar-refractivity contribution < 1.29 is 23.1 Å². The number of phenols is 1. The van der Waals surface area contributed by atoms with Crippen LogP contribution < -0.4 is 22.5 Å². The standard InChI is InChI=1S/C22H33F3N5O2P/c1-13(19(28)16-6-5-14(9-17(16)31)22(24,25)33)8-18(27)29-15-4-3-7-30(10-15)20(32)21(2,11-23)12-26/h5-6,8-9,15,29,31H,3-4,7,10-12,26-28,33H2,1-2H3/b18-8+,19-13-. The van der Waals surface area contributed by atoms with Crippen LogP contribution in [-0.4, -0.2) is 48.3 Å². The first kappa shape index (κ1) is 26.8. The molecular weight excluding hydrogens is 454 g/mol. The van der Waals surface area contributed by atoms with Gasteiger partial charge < -0.3 is 32.5 Å². The van der Waals surface area contributed by atoms with E-state index < -0.39 is 17.8 Å². The molecule has 1 saturated heterocycles. The number of hydrogen-bond acceptors (Lipinski definition) is 6. The van der Waals surface area contributed by atoms with Crippen molar-refractivity contribution in [2.24, 2.45) is 22.6 Å². The molecule has 0 spiro atoms. The van der Waals surface area contributed by atoms with E-state index in [1.807, 2.05) is 0 Å². The molecule has 1 heterocycles. The fourth-order valence-electron chi connectivity index (χ4n) is 3.63. The van der Waals surface area contributed by atoms with Crippen LogP contribution in [0.3, 0.4) is 0 Å². The Kier molecular flexibility index (Phi) is 8.65. The number of nitrogens with one attached hydrogen (secondary N) is 1. The number of nitrogens with zero attached hydrogens (tertiary/aromatic N) is 1. The minimum atomic E-state index is -3.17. The number of allylic oxidation sites excluding steroid dienone is 2. The van der Waals surface area contributed by atoms with Crippen LogP contribution in [-0.2, 0) is 10.5 Å². The molecule has 0 aliphatic carbocycles. The smallest absolute Gasteiger partial charge is 0.284 e. The zero-order valence-electron chi connectivity index (χ0n) is 18.9. The lowest BCUT2D eigenvalue weighted by Gasteiger charge is -2.38. The van der Waals surface area contributed by atoms with E-state index in [0.717, 1.165) is 18.9 Å². The largest absolute Gasteiger partial charge is 0.507 e. The fourth-order valence-corrected chi connectivity index (χ4v) is 3.81. The summed E-state index contributed by atoms with van der Waals surface area (Å²) < 4.78 is 40.2. The van der Waals surface area contributed by atoms with Crippen molar-refractivity contribution in [1.82, 2.24) is 10.2 Å². The van der Waals surface area contributed by atoms with Crippen molar-refractivity contribution in [2.45, 2.75) is 38.4 Å². The first-order chi connectivity index (χ1) is 15.3. The predicted octanol–water partition coefficient (Wildman–Crippen LogP) is 2.32. The Hall–Kier alpha value is -2.45. The average molecular weight is 488 g/mol. The molecule has 1 aromatic rings. The highest BCUT2D eigenvalue weighted by Gasteiger charge is 2.37. The number of nitrogens with two attached hydrogens (primary N) is 3. The highest BCUT2D eigenvalue weighted by Crippen LogP contribution is 2.38. The van der Waals surface area contributed by atoms with E-state index in [0.29, 0.717) is 18.7 Å². The molecule has 11 heteroatoms. The quantitative estimate of drug-likeness (QED) is 0.283. The van der Waals surface area contributed by atoms with Gasteiger partial charge in [-0.1, -0.05) is 15.3 Å². The maximum atomic E-state index is 13.4. The molecule has 1 aliphatic heterocycles. The molecule has 1 aromatic carbocycles. The number of aromatic hydroxyl groups is 1. The number of benzene rings is 1. The number of hydrogen-bond donors (Lipinski definition) is 5. The number of phenolic OH excluding ortho intramolecular Hbond substituents is 1. The maximum Gasteiger partial charge on any atom is 0.284 e. The van der Waals surface area contributed by atoms with E-state index in [9.17, 15) is 23.1 Å². The number of carbonyl (C=O) groups is 1. The number of amides is 1. The Morgan fingerprint density at radius 2 is 2.06 bits per heavy atom. The van der Waals surface area contributed by atoms with Gasteiger partial charge in [0.2, 0.25) is 5.91 Å². The fraction of sp³-hybridized carbons (Fsp3) is 0.500. The predicted molar refractivity (Wildman–Crippen MR) is 127 cm³/mol. The molecular formula is C22H33F3N5O2P. The summed E-state index contributed by atoms with van der Waals surface area (Å²) in [4.78, 5) is 14.3. The molecule has 3 unspecified atom stereocenters. The van der Waals surface area contributed by atoms with Crippen molar-refractivity contribution in [2.75, 3.05) is 26.3 Å². The SMILES string of the molecule is CC(/C=C(\N)NC1CCCN(C(=O)C(C)(CN)CF)C1)=C(/N)c1ccc(C(F)(F)P)cc1O. The summed E-state index contributed by atoms with van der Waals surface area (Å²) in [6.07, 6.45) is 3.05. The first-order valence-corrected chi connectivity index (χ1v) is 11.2. The van der Waals surface area contributed by atoms with Crippen LogP contribution in [0.1, 0.15) is 37.8 Å². The third-order valence-corrected chi connectivity index (χ3v) is 6.14. The third kappa shape index (κ3) is 6.54. The van der Waals surface area contributed by atoms with Crippen LogP contribution in [0.5, 0.6) is 5.75 Å². The van der Waals surface area contributed by atoms with Crippen LogP contribution in [0.4, 0.5) is 13.2 Å². The van der Waals surface area contributed by atoms with Gasteiger partial charge in [-0.05, 0) is 50.5 Å². The Balaban J connectivity index is 2.13. The molecule has 2 rings (SSSR count). The summed E-state index contributed by atoms with van der Waals surface area (Å²) in [5.41, 5.74) is 14.0. The van der Waals surface area contributed by atoms with Crippen LogP contribution in [0.25, 0.3) is 5.70 Å².